The van der Waals surface area contributed by atoms with Crippen molar-refractivity contribution in [1.82, 2.24) is 15.2 Å². The summed E-state index contributed by atoms with van der Waals surface area (Å²) in [5.41, 5.74) is 1.68. The van der Waals surface area contributed by atoms with E-state index in [1.54, 1.807) is 12.5 Å². The highest BCUT2D eigenvalue weighted by Gasteiger charge is 2.26. The van der Waals surface area contributed by atoms with Gasteiger partial charge in [-0.1, -0.05) is 6.07 Å². The van der Waals surface area contributed by atoms with Crippen LogP contribution in [-0.2, 0) is 4.79 Å². The van der Waals surface area contributed by atoms with E-state index < -0.39 is 0 Å². The maximum Gasteiger partial charge on any atom is 0.228 e. The number of amides is 1. The van der Waals surface area contributed by atoms with Crippen LogP contribution in [0.1, 0.15) is 18.4 Å². The van der Waals surface area contributed by atoms with Crippen molar-refractivity contribution >= 4 is 17.5 Å². The molecule has 0 unspecified atom stereocenters. The van der Waals surface area contributed by atoms with Crippen molar-refractivity contribution in [3.05, 3.63) is 54.4 Å². The number of hydrogen-bond donors (Lipinski definition) is 1. The lowest BCUT2D eigenvalue weighted by atomic mass is 9.96. The summed E-state index contributed by atoms with van der Waals surface area (Å²) in [5, 5.41) is 11.5. The number of furan rings is 1. The molecule has 0 spiro atoms. The van der Waals surface area contributed by atoms with E-state index >= 15 is 0 Å². The normalized spacial score (nSPS) is 14.9. The Balaban J connectivity index is 1.34. The van der Waals surface area contributed by atoms with Gasteiger partial charge >= 0.3 is 0 Å². The molecular formula is C20H21N5O2. The number of aromatic nitrogens is 3. The Hall–Kier alpha value is -3.22. The molecule has 0 aromatic carbocycles. The van der Waals surface area contributed by atoms with E-state index in [9.17, 15) is 4.79 Å². The van der Waals surface area contributed by atoms with Gasteiger partial charge < -0.3 is 14.6 Å². The van der Waals surface area contributed by atoms with Gasteiger partial charge in [-0.15, -0.1) is 10.2 Å². The molecule has 1 fully saturated rings. The van der Waals surface area contributed by atoms with Crippen molar-refractivity contribution in [1.29, 1.82) is 0 Å². The standard InChI is InChI=1S/C20H21N5O2/c1-14-4-2-10-21-19(14)22-20(26)15-8-11-25(12-9-15)18-7-6-16(23-24-18)17-5-3-13-27-17/h2-7,10,13,15H,8-9,11-12H2,1H3,(H,21,22,26). The average Bonchev–Trinajstić information content (AvgIpc) is 3.25. The monoisotopic (exact) mass is 363 g/mol. The molecule has 138 valence electrons. The third-order valence-electron chi connectivity index (χ3n) is 4.86. The Labute approximate surface area is 157 Å². The molecule has 7 nitrogen and oxygen atoms in total. The minimum atomic E-state index is -0.0157. The van der Waals surface area contributed by atoms with Crippen LogP contribution in [-0.4, -0.2) is 34.2 Å². The highest BCUT2D eigenvalue weighted by Crippen LogP contribution is 2.24. The summed E-state index contributed by atoms with van der Waals surface area (Å²) in [5.74, 6) is 2.19. The lowest BCUT2D eigenvalue weighted by molar-refractivity contribution is -0.120. The number of anilines is 2. The molecule has 1 aliphatic heterocycles. The Morgan fingerprint density at radius 2 is 2.00 bits per heavy atom. The van der Waals surface area contributed by atoms with Crippen LogP contribution in [0.15, 0.2) is 53.3 Å². The van der Waals surface area contributed by atoms with Gasteiger partial charge in [0.05, 0.1) is 6.26 Å². The van der Waals surface area contributed by atoms with Gasteiger partial charge in [0.25, 0.3) is 0 Å². The highest BCUT2D eigenvalue weighted by molar-refractivity contribution is 5.92. The molecule has 1 saturated heterocycles. The van der Waals surface area contributed by atoms with Crippen LogP contribution in [0, 0.1) is 12.8 Å². The van der Waals surface area contributed by atoms with Gasteiger partial charge in [-0.3, -0.25) is 4.79 Å². The molecule has 4 rings (SSSR count). The van der Waals surface area contributed by atoms with Crippen LogP contribution >= 0.6 is 0 Å². The van der Waals surface area contributed by atoms with Gasteiger partial charge in [0, 0.05) is 25.2 Å². The molecule has 3 aromatic rings. The number of pyridine rings is 1. The van der Waals surface area contributed by atoms with Gasteiger partial charge in [0.2, 0.25) is 5.91 Å². The molecule has 0 bridgehead atoms. The number of nitrogens with zero attached hydrogens (tertiary/aromatic N) is 4. The maximum atomic E-state index is 12.5. The average molecular weight is 363 g/mol. The number of aryl methyl sites for hydroxylation is 1. The van der Waals surface area contributed by atoms with Crippen LogP contribution in [0.3, 0.4) is 0 Å². The van der Waals surface area contributed by atoms with Crippen molar-refractivity contribution in [2.45, 2.75) is 19.8 Å². The number of carbonyl (C=O) groups is 1. The molecule has 7 heteroatoms. The molecule has 0 aliphatic carbocycles. The molecule has 27 heavy (non-hydrogen) atoms. The summed E-state index contributed by atoms with van der Waals surface area (Å²) < 4.78 is 5.34. The first-order valence-corrected chi connectivity index (χ1v) is 9.06. The minimum Gasteiger partial charge on any atom is -0.463 e. The van der Waals surface area contributed by atoms with Crippen LogP contribution in [0.5, 0.6) is 0 Å². The SMILES string of the molecule is Cc1cccnc1NC(=O)C1CCN(c2ccc(-c3ccco3)nn2)CC1. The number of piperidine rings is 1. The second-order valence-corrected chi connectivity index (χ2v) is 6.67. The third kappa shape index (κ3) is 3.81. The first-order valence-electron chi connectivity index (χ1n) is 9.06. The fourth-order valence-corrected chi connectivity index (χ4v) is 3.26. The minimum absolute atomic E-state index is 0.0157. The first kappa shape index (κ1) is 17.2. The number of carbonyl (C=O) groups excluding carboxylic acids is 1. The zero-order valence-electron chi connectivity index (χ0n) is 15.1. The van der Waals surface area contributed by atoms with Crippen LogP contribution in [0.25, 0.3) is 11.5 Å². The van der Waals surface area contributed by atoms with E-state index in [4.69, 9.17) is 4.42 Å². The van der Waals surface area contributed by atoms with Gasteiger partial charge in [-0.05, 0) is 55.7 Å². The van der Waals surface area contributed by atoms with E-state index in [0.717, 1.165) is 37.3 Å². The highest BCUT2D eigenvalue weighted by atomic mass is 16.3. The van der Waals surface area contributed by atoms with Gasteiger partial charge in [-0.2, -0.15) is 0 Å². The summed E-state index contributed by atoms with van der Waals surface area (Å²) in [7, 11) is 0. The summed E-state index contributed by atoms with van der Waals surface area (Å²) in [4.78, 5) is 18.9. The summed E-state index contributed by atoms with van der Waals surface area (Å²) in [6.07, 6.45) is 4.86. The summed E-state index contributed by atoms with van der Waals surface area (Å²) >= 11 is 0. The molecule has 3 aromatic heterocycles. The molecule has 4 heterocycles. The molecular weight excluding hydrogens is 342 g/mol. The second kappa shape index (κ2) is 7.57. The lowest BCUT2D eigenvalue weighted by Gasteiger charge is -2.31. The number of hydrogen-bond acceptors (Lipinski definition) is 6. The number of rotatable bonds is 4. The van der Waals surface area contributed by atoms with Gasteiger partial charge in [-0.25, -0.2) is 4.98 Å². The molecule has 0 radical (unpaired) electrons. The van der Waals surface area contributed by atoms with Gasteiger partial charge in [0.15, 0.2) is 11.6 Å². The lowest BCUT2D eigenvalue weighted by Crippen LogP contribution is -2.38. The Morgan fingerprint density at radius 3 is 2.67 bits per heavy atom. The fourth-order valence-electron chi connectivity index (χ4n) is 3.26. The topological polar surface area (TPSA) is 84.2 Å². The van der Waals surface area contributed by atoms with Crippen LogP contribution < -0.4 is 10.2 Å². The Bertz CT molecular complexity index is 900. The zero-order chi connectivity index (χ0) is 18.6. The largest absolute Gasteiger partial charge is 0.463 e. The van der Waals surface area contributed by atoms with Crippen molar-refractivity contribution in [2.75, 3.05) is 23.3 Å². The third-order valence-corrected chi connectivity index (χ3v) is 4.86. The summed E-state index contributed by atoms with van der Waals surface area (Å²) in [6.45, 7) is 3.48. The van der Waals surface area contributed by atoms with E-state index in [-0.39, 0.29) is 11.8 Å². The summed E-state index contributed by atoms with van der Waals surface area (Å²) in [6, 6.07) is 11.3. The van der Waals surface area contributed by atoms with E-state index in [0.29, 0.717) is 17.3 Å². The van der Waals surface area contributed by atoms with E-state index in [2.05, 4.69) is 25.4 Å². The van der Waals surface area contributed by atoms with Gasteiger partial charge in [0.1, 0.15) is 11.5 Å². The van der Waals surface area contributed by atoms with Crippen molar-refractivity contribution in [2.24, 2.45) is 5.92 Å². The molecule has 0 saturated carbocycles. The number of nitrogens with one attached hydrogen (secondary N) is 1. The second-order valence-electron chi connectivity index (χ2n) is 6.67. The predicted octanol–water partition coefficient (Wildman–Crippen LogP) is 3.30. The quantitative estimate of drug-likeness (QED) is 0.766. The van der Waals surface area contributed by atoms with Crippen molar-refractivity contribution in [3.63, 3.8) is 0 Å². The maximum absolute atomic E-state index is 12.5. The van der Waals surface area contributed by atoms with Crippen LogP contribution in [0.2, 0.25) is 0 Å². The van der Waals surface area contributed by atoms with E-state index in [1.165, 1.54) is 0 Å². The molecule has 1 N–H and O–H groups in total. The van der Waals surface area contributed by atoms with Crippen molar-refractivity contribution < 1.29 is 9.21 Å². The van der Waals surface area contributed by atoms with E-state index in [1.807, 2.05) is 43.3 Å². The first-order chi connectivity index (χ1) is 13.2. The Kier molecular flexibility index (Phi) is 4.82. The Morgan fingerprint density at radius 1 is 1.15 bits per heavy atom. The predicted molar refractivity (Wildman–Crippen MR) is 102 cm³/mol. The molecule has 0 atom stereocenters. The van der Waals surface area contributed by atoms with Crippen LogP contribution in [0.4, 0.5) is 11.6 Å². The molecule has 1 amide bonds. The zero-order valence-corrected chi connectivity index (χ0v) is 15.1. The molecule has 1 aliphatic rings. The fraction of sp³-hybridized carbons (Fsp3) is 0.300. The van der Waals surface area contributed by atoms with Crippen molar-refractivity contribution in [3.8, 4) is 11.5 Å². The smallest absolute Gasteiger partial charge is 0.228 e.